The second-order valence-corrected chi connectivity index (χ2v) is 10.3. The van der Waals surface area contributed by atoms with Gasteiger partial charge in [-0.1, -0.05) is 11.3 Å². The molecule has 1 aromatic carbocycles. The molecule has 152 valence electrons. The number of hydrogen-bond donors (Lipinski definition) is 2. The van der Waals surface area contributed by atoms with Crippen LogP contribution in [0, 0.1) is 11.3 Å². The number of carbonyl (C=O) groups is 1. The van der Waals surface area contributed by atoms with Crippen LogP contribution < -0.4 is 4.87 Å². The van der Waals surface area contributed by atoms with Crippen molar-refractivity contribution in [2.75, 3.05) is 46.5 Å². The van der Waals surface area contributed by atoms with Gasteiger partial charge in [-0.05, 0) is 18.2 Å². The van der Waals surface area contributed by atoms with E-state index < -0.39 is 15.4 Å². The molecule has 3 heterocycles. The fraction of sp³-hybridized carbons (Fsp3) is 0.529. The van der Waals surface area contributed by atoms with Gasteiger partial charge in [0.1, 0.15) is 6.61 Å². The molecule has 0 radical (unpaired) electrons. The van der Waals surface area contributed by atoms with Gasteiger partial charge >= 0.3 is 4.87 Å². The number of aromatic amines is 1. The second-order valence-electron chi connectivity index (χ2n) is 7.39. The van der Waals surface area contributed by atoms with Gasteiger partial charge in [0.05, 0.1) is 21.7 Å². The number of amides is 1. The van der Waals surface area contributed by atoms with Gasteiger partial charge < -0.3 is 19.7 Å². The molecule has 0 spiro atoms. The number of carbonyl (C=O) groups excluding carboxylic acids is 1. The van der Waals surface area contributed by atoms with Crippen molar-refractivity contribution in [3.8, 4) is 0 Å². The number of methoxy groups -OCH3 is 1. The lowest BCUT2D eigenvalue weighted by Gasteiger charge is -2.27. The summed E-state index contributed by atoms with van der Waals surface area (Å²) in [4.78, 5) is 27.8. The summed E-state index contributed by atoms with van der Waals surface area (Å²) in [5.41, 5.74) is -0.0641. The van der Waals surface area contributed by atoms with Gasteiger partial charge in [0.2, 0.25) is 15.9 Å². The van der Waals surface area contributed by atoms with Crippen LogP contribution in [0.5, 0.6) is 0 Å². The average Bonchev–Trinajstić information content (AvgIpc) is 3.30. The van der Waals surface area contributed by atoms with Gasteiger partial charge in [0.25, 0.3) is 0 Å². The number of aromatic nitrogens is 1. The Morgan fingerprint density at radius 3 is 2.86 bits per heavy atom. The Labute approximate surface area is 165 Å². The lowest BCUT2D eigenvalue weighted by Crippen LogP contribution is -2.41. The van der Waals surface area contributed by atoms with E-state index in [1.54, 1.807) is 11.0 Å². The van der Waals surface area contributed by atoms with Crippen molar-refractivity contribution in [2.45, 2.75) is 4.90 Å². The Morgan fingerprint density at radius 1 is 1.39 bits per heavy atom. The first-order valence-corrected chi connectivity index (χ1v) is 11.1. The zero-order valence-corrected chi connectivity index (χ0v) is 16.9. The normalized spacial score (nSPS) is 25.5. The highest BCUT2D eigenvalue weighted by Gasteiger charge is 2.55. The van der Waals surface area contributed by atoms with Gasteiger partial charge in [-0.2, -0.15) is 4.31 Å². The summed E-state index contributed by atoms with van der Waals surface area (Å²) in [5, 5.41) is 10.0. The predicted octanol–water partition coefficient (Wildman–Crippen LogP) is -0.323. The monoisotopic (exact) mass is 427 g/mol. The highest BCUT2D eigenvalue weighted by atomic mass is 32.2. The number of fused-ring (bicyclic) bond motifs is 2. The SMILES string of the molecule is COCC(=O)N1CC2CN(S(=O)(=O)c3ccc4[nH]c(=O)sc4c3)CC2(CO)C1. The molecule has 2 unspecified atom stereocenters. The first-order chi connectivity index (χ1) is 13.3. The molecule has 11 heteroatoms. The Kier molecular flexibility index (Phi) is 4.82. The number of nitrogens with zero attached hydrogens (tertiary/aromatic N) is 2. The van der Waals surface area contributed by atoms with E-state index in [-0.39, 0.29) is 47.9 Å². The molecule has 2 aliphatic rings. The van der Waals surface area contributed by atoms with Gasteiger partial charge in [-0.25, -0.2) is 8.42 Å². The standard InChI is InChI=1S/C17H21N3O6S2/c1-26-7-15(22)19-5-11-6-20(9-17(11,8-19)10-21)28(24,25)12-2-3-13-14(4-12)27-16(23)18-13/h2-4,11,21H,5-10H2,1H3,(H,18,23). The molecule has 1 aromatic heterocycles. The van der Waals surface area contributed by atoms with Crippen molar-refractivity contribution in [2.24, 2.45) is 11.3 Å². The predicted molar refractivity (Wildman–Crippen MR) is 103 cm³/mol. The highest BCUT2D eigenvalue weighted by molar-refractivity contribution is 7.89. The first-order valence-electron chi connectivity index (χ1n) is 8.80. The zero-order valence-electron chi connectivity index (χ0n) is 15.3. The Morgan fingerprint density at radius 2 is 2.18 bits per heavy atom. The third-order valence-electron chi connectivity index (χ3n) is 5.69. The Hall–Kier alpha value is -1.79. The summed E-state index contributed by atoms with van der Waals surface area (Å²) in [7, 11) is -2.33. The van der Waals surface area contributed by atoms with E-state index in [1.807, 2.05) is 0 Å². The maximum atomic E-state index is 13.2. The molecule has 2 atom stereocenters. The topological polar surface area (TPSA) is 120 Å². The third-order valence-corrected chi connectivity index (χ3v) is 8.35. The van der Waals surface area contributed by atoms with Crippen molar-refractivity contribution < 1.29 is 23.1 Å². The molecule has 2 saturated heterocycles. The summed E-state index contributed by atoms with van der Waals surface area (Å²) in [6.07, 6.45) is 0. The zero-order chi connectivity index (χ0) is 20.1. The summed E-state index contributed by atoms with van der Waals surface area (Å²) in [6, 6.07) is 4.57. The van der Waals surface area contributed by atoms with Crippen molar-refractivity contribution in [3.05, 3.63) is 27.9 Å². The van der Waals surface area contributed by atoms with Crippen LogP contribution in [-0.2, 0) is 19.6 Å². The molecular formula is C17H21N3O6S2. The fourth-order valence-corrected chi connectivity index (χ4v) is 6.64. The van der Waals surface area contributed by atoms with Crippen LogP contribution in [0.15, 0.2) is 27.9 Å². The minimum absolute atomic E-state index is 0.0320. The molecule has 0 aliphatic carbocycles. The quantitative estimate of drug-likeness (QED) is 0.675. The van der Waals surface area contributed by atoms with E-state index in [2.05, 4.69) is 4.98 Å². The second kappa shape index (κ2) is 6.92. The smallest absolute Gasteiger partial charge is 0.305 e. The lowest BCUT2D eigenvalue weighted by atomic mass is 9.82. The van der Waals surface area contributed by atoms with Gasteiger partial charge in [-0.15, -0.1) is 0 Å². The van der Waals surface area contributed by atoms with Crippen LogP contribution in [0.25, 0.3) is 10.2 Å². The number of ether oxygens (including phenoxy) is 1. The fourth-order valence-electron chi connectivity index (χ4n) is 4.18. The van der Waals surface area contributed by atoms with E-state index in [0.717, 1.165) is 11.3 Å². The maximum Gasteiger partial charge on any atom is 0.305 e. The third kappa shape index (κ3) is 3.07. The van der Waals surface area contributed by atoms with Crippen LogP contribution in [0.3, 0.4) is 0 Å². The van der Waals surface area contributed by atoms with Gasteiger partial charge in [-0.3, -0.25) is 9.59 Å². The summed E-state index contributed by atoms with van der Waals surface area (Å²) < 4.78 is 33.2. The molecule has 1 amide bonds. The average molecular weight is 428 g/mol. The Balaban J connectivity index is 1.59. The molecular weight excluding hydrogens is 406 g/mol. The van der Waals surface area contributed by atoms with Crippen LogP contribution in [0.2, 0.25) is 0 Å². The summed E-state index contributed by atoms with van der Waals surface area (Å²) in [5.74, 6) is -0.299. The number of rotatable bonds is 5. The number of hydrogen-bond acceptors (Lipinski definition) is 7. The van der Waals surface area contributed by atoms with Gasteiger partial charge in [0.15, 0.2) is 0 Å². The Bertz CT molecular complexity index is 1080. The molecule has 2 N–H and O–H groups in total. The van der Waals surface area contributed by atoms with Gasteiger partial charge in [0, 0.05) is 44.6 Å². The van der Waals surface area contributed by atoms with Crippen molar-refractivity contribution in [1.29, 1.82) is 0 Å². The number of aliphatic hydroxyl groups is 1. The van der Waals surface area contributed by atoms with E-state index in [4.69, 9.17) is 4.74 Å². The molecule has 2 fully saturated rings. The molecule has 0 saturated carbocycles. The number of nitrogens with one attached hydrogen (secondary N) is 1. The number of aliphatic hydroxyl groups excluding tert-OH is 1. The largest absolute Gasteiger partial charge is 0.396 e. The maximum absolute atomic E-state index is 13.2. The van der Waals surface area contributed by atoms with Crippen LogP contribution in [-0.4, -0.2) is 80.1 Å². The molecule has 9 nitrogen and oxygen atoms in total. The van der Waals surface area contributed by atoms with E-state index >= 15 is 0 Å². The molecule has 4 rings (SSSR count). The summed E-state index contributed by atoms with van der Waals surface area (Å²) in [6.45, 7) is 0.860. The van der Waals surface area contributed by atoms with Crippen LogP contribution in [0.1, 0.15) is 0 Å². The number of likely N-dealkylation sites (tertiary alicyclic amines) is 1. The molecule has 2 aromatic rings. The minimum Gasteiger partial charge on any atom is -0.396 e. The first kappa shape index (κ1) is 19.5. The summed E-state index contributed by atoms with van der Waals surface area (Å²) >= 11 is 0.963. The molecule has 0 bridgehead atoms. The van der Waals surface area contributed by atoms with E-state index in [0.29, 0.717) is 23.3 Å². The molecule has 2 aliphatic heterocycles. The molecule has 28 heavy (non-hydrogen) atoms. The van der Waals surface area contributed by atoms with Crippen molar-refractivity contribution in [1.82, 2.24) is 14.2 Å². The highest BCUT2D eigenvalue weighted by Crippen LogP contribution is 2.44. The van der Waals surface area contributed by atoms with Crippen molar-refractivity contribution >= 4 is 37.5 Å². The number of thiazole rings is 1. The minimum atomic E-state index is -3.77. The van der Waals surface area contributed by atoms with Crippen LogP contribution >= 0.6 is 11.3 Å². The van der Waals surface area contributed by atoms with Crippen molar-refractivity contribution in [3.63, 3.8) is 0 Å². The van der Waals surface area contributed by atoms with Crippen LogP contribution in [0.4, 0.5) is 0 Å². The van der Waals surface area contributed by atoms with E-state index in [9.17, 15) is 23.1 Å². The van der Waals surface area contributed by atoms with E-state index in [1.165, 1.54) is 23.5 Å². The number of H-pyrrole nitrogens is 1. The number of sulfonamides is 1. The lowest BCUT2D eigenvalue weighted by molar-refractivity contribution is -0.134. The number of benzene rings is 1.